The highest BCUT2D eigenvalue weighted by molar-refractivity contribution is 6.36. The Bertz CT molecular complexity index is 713. The molecular formula is C21H23Cl2N. The number of allylic oxidation sites excluding steroid dienone is 1. The lowest BCUT2D eigenvalue weighted by atomic mass is 10.0. The third-order valence-corrected chi connectivity index (χ3v) is 5.23. The molecule has 1 heterocycles. The minimum atomic E-state index is 0.664. The molecule has 0 N–H and O–H groups in total. The van der Waals surface area contributed by atoms with Gasteiger partial charge in [0, 0.05) is 22.2 Å². The van der Waals surface area contributed by atoms with Crippen LogP contribution in [0.1, 0.15) is 31.7 Å². The normalized spacial score (nSPS) is 16.4. The van der Waals surface area contributed by atoms with Gasteiger partial charge in [-0.1, -0.05) is 66.0 Å². The summed E-state index contributed by atoms with van der Waals surface area (Å²) in [6.45, 7) is 5.71. The van der Waals surface area contributed by atoms with Crippen LogP contribution in [0, 0.1) is 0 Å². The molecule has 1 aliphatic heterocycles. The van der Waals surface area contributed by atoms with Crippen molar-refractivity contribution in [3.63, 3.8) is 0 Å². The van der Waals surface area contributed by atoms with Crippen molar-refractivity contribution < 1.29 is 0 Å². The molecule has 2 aromatic carbocycles. The minimum Gasteiger partial charge on any atom is -0.300 e. The lowest BCUT2D eigenvalue weighted by Gasteiger charge is -2.25. The SMILES string of the molecule is CC(=CCN1CCCCC1)c1ccc(-c2ccc(Cl)cc2Cl)cc1. The summed E-state index contributed by atoms with van der Waals surface area (Å²) in [5.41, 5.74) is 4.72. The molecule has 3 heteroatoms. The van der Waals surface area contributed by atoms with Crippen LogP contribution in [0.4, 0.5) is 0 Å². The minimum absolute atomic E-state index is 0.664. The Morgan fingerprint density at radius 2 is 1.71 bits per heavy atom. The van der Waals surface area contributed by atoms with Crippen molar-refractivity contribution in [2.75, 3.05) is 19.6 Å². The summed E-state index contributed by atoms with van der Waals surface area (Å²) in [5.74, 6) is 0. The van der Waals surface area contributed by atoms with Crippen LogP contribution in [0.5, 0.6) is 0 Å². The van der Waals surface area contributed by atoms with E-state index < -0.39 is 0 Å². The van der Waals surface area contributed by atoms with Gasteiger partial charge in [0.2, 0.25) is 0 Å². The molecule has 0 radical (unpaired) electrons. The van der Waals surface area contributed by atoms with E-state index in [4.69, 9.17) is 23.2 Å². The molecule has 0 bridgehead atoms. The van der Waals surface area contributed by atoms with Crippen molar-refractivity contribution in [3.05, 3.63) is 64.1 Å². The maximum absolute atomic E-state index is 6.30. The largest absolute Gasteiger partial charge is 0.300 e. The standard InChI is InChI=1S/C21H23Cl2N/c1-16(11-14-24-12-3-2-4-13-24)17-5-7-18(8-6-17)20-10-9-19(22)15-21(20)23/h5-11,15H,2-4,12-14H2,1H3. The van der Waals surface area contributed by atoms with Crippen LogP contribution in [-0.4, -0.2) is 24.5 Å². The zero-order valence-electron chi connectivity index (χ0n) is 14.1. The number of halogens is 2. The Balaban J connectivity index is 1.71. The second-order valence-electron chi connectivity index (χ2n) is 6.45. The maximum Gasteiger partial charge on any atom is 0.0499 e. The first kappa shape index (κ1) is 17.5. The molecule has 126 valence electrons. The predicted molar refractivity (Wildman–Crippen MR) is 106 cm³/mol. The van der Waals surface area contributed by atoms with E-state index >= 15 is 0 Å². The van der Waals surface area contributed by atoms with Gasteiger partial charge in [-0.2, -0.15) is 0 Å². The van der Waals surface area contributed by atoms with E-state index in [1.165, 1.54) is 43.5 Å². The zero-order chi connectivity index (χ0) is 16.9. The van der Waals surface area contributed by atoms with E-state index in [1.54, 1.807) is 6.07 Å². The Kier molecular flexibility index (Phi) is 5.99. The number of benzene rings is 2. The molecule has 1 fully saturated rings. The molecular weight excluding hydrogens is 337 g/mol. The van der Waals surface area contributed by atoms with E-state index in [2.05, 4.69) is 42.2 Å². The Morgan fingerprint density at radius 1 is 1.00 bits per heavy atom. The van der Waals surface area contributed by atoms with E-state index in [0.717, 1.165) is 17.7 Å². The lowest BCUT2D eigenvalue weighted by Crippen LogP contribution is -2.29. The fourth-order valence-electron chi connectivity index (χ4n) is 3.16. The van der Waals surface area contributed by atoms with Gasteiger partial charge in [0.15, 0.2) is 0 Å². The van der Waals surface area contributed by atoms with Crippen LogP contribution in [0.3, 0.4) is 0 Å². The van der Waals surface area contributed by atoms with Crippen molar-refractivity contribution in [2.24, 2.45) is 0 Å². The summed E-state index contributed by atoms with van der Waals surface area (Å²) < 4.78 is 0. The van der Waals surface area contributed by atoms with Gasteiger partial charge < -0.3 is 0 Å². The fraction of sp³-hybridized carbons (Fsp3) is 0.333. The molecule has 1 aliphatic rings. The van der Waals surface area contributed by atoms with Crippen LogP contribution in [-0.2, 0) is 0 Å². The van der Waals surface area contributed by atoms with Gasteiger partial charge in [-0.05, 0) is 61.7 Å². The van der Waals surface area contributed by atoms with Gasteiger partial charge >= 0.3 is 0 Å². The first-order valence-corrected chi connectivity index (χ1v) is 9.34. The summed E-state index contributed by atoms with van der Waals surface area (Å²) in [5, 5.41) is 1.35. The lowest BCUT2D eigenvalue weighted by molar-refractivity contribution is 0.251. The van der Waals surface area contributed by atoms with Gasteiger partial charge in [-0.15, -0.1) is 0 Å². The predicted octanol–water partition coefficient (Wildman–Crippen LogP) is 6.55. The highest BCUT2D eigenvalue weighted by Gasteiger charge is 2.09. The highest BCUT2D eigenvalue weighted by Crippen LogP contribution is 2.31. The zero-order valence-corrected chi connectivity index (χ0v) is 15.6. The second kappa shape index (κ2) is 8.20. The molecule has 0 unspecified atom stereocenters. The topological polar surface area (TPSA) is 3.24 Å². The van der Waals surface area contributed by atoms with Crippen molar-refractivity contribution in [1.82, 2.24) is 4.90 Å². The van der Waals surface area contributed by atoms with E-state index in [0.29, 0.717) is 10.0 Å². The molecule has 0 atom stereocenters. The first-order chi connectivity index (χ1) is 11.6. The Hall–Kier alpha value is -1.28. The maximum atomic E-state index is 6.30. The van der Waals surface area contributed by atoms with Crippen LogP contribution >= 0.6 is 23.2 Å². The molecule has 0 saturated carbocycles. The van der Waals surface area contributed by atoms with E-state index in [-0.39, 0.29) is 0 Å². The van der Waals surface area contributed by atoms with Crippen LogP contribution in [0.25, 0.3) is 16.7 Å². The summed E-state index contributed by atoms with van der Waals surface area (Å²) >= 11 is 12.3. The summed E-state index contributed by atoms with van der Waals surface area (Å²) in [6, 6.07) is 14.2. The number of likely N-dealkylation sites (tertiary alicyclic amines) is 1. The number of hydrogen-bond donors (Lipinski definition) is 0. The molecule has 0 aliphatic carbocycles. The number of nitrogens with zero attached hydrogens (tertiary/aromatic N) is 1. The Morgan fingerprint density at radius 3 is 2.38 bits per heavy atom. The van der Waals surface area contributed by atoms with Crippen LogP contribution < -0.4 is 0 Å². The van der Waals surface area contributed by atoms with Gasteiger partial charge in [0.05, 0.1) is 0 Å². The van der Waals surface area contributed by atoms with Gasteiger partial charge in [-0.25, -0.2) is 0 Å². The summed E-state index contributed by atoms with van der Waals surface area (Å²) in [4.78, 5) is 2.54. The second-order valence-corrected chi connectivity index (χ2v) is 7.29. The van der Waals surface area contributed by atoms with Crippen molar-refractivity contribution in [1.29, 1.82) is 0 Å². The highest BCUT2D eigenvalue weighted by atomic mass is 35.5. The summed E-state index contributed by atoms with van der Waals surface area (Å²) in [7, 11) is 0. The van der Waals surface area contributed by atoms with Crippen molar-refractivity contribution in [2.45, 2.75) is 26.2 Å². The van der Waals surface area contributed by atoms with Gasteiger partial charge in [-0.3, -0.25) is 4.90 Å². The molecule has 0 spiro atoms. The van der Waals surface area contributed by atoms with Crippen LogP contribution in [0.15, 0.2) is 48.5 Å². The molecule has 0 aromatic heterocycles. The molecule has 0 amide bonds. The Labute approximate surface area is 154 Å². The fourth-order valence-corrected chi connectivity index (χ4v) is 3.68. The average molecular weight is 360 g/mol. The van der Waals surface area contributed by atoms with Crippen molar-refractivity contribution in [3.8, 4) is 11.1 Å². The third kappa shape index (κ3) is 4.42. The van der Waals surface area contributed by atoms with Crippen LogP contribution in [0.2, 0.25) is 10.0 Å². The molecule has 24 heavy (non-hydrogen) atoms. The number of piperidine rings is 1. The summed E-state index contributed by atoms with van der Waals surface area (Å²) in [6.07, 6.45) is 6.40. The smallest absolute Gasteiger partial charge is 0.0499 e. The van der Waals surface area contributed by atoms with Crippen molar-refractivity contribution >= 4 is 28.8 Å². The monoisotopic (exact) mass is 359 g/mol. The average Bonchev–Trinajstić information content (AvgIpc) is 2.61. The van der Waals surface area contributed by atoms with E-state index in [9.17, 15) is 0 Å². The third-order valence-electron chi connectivity index (χ3n) is 4.69. The molecule has 1 nitrogen and oxygen atoms in total. The number of rotatable bonds is 4. The quantitative estimate of drug-likeness (QED) is 0.598. The van der Waals surface area contributed by atoms with Gasteiger partial charge in [0.25, 0.3) is 0 Å². The van der Waals surface area contributed by atoms with Gasteiger partial charge in [0.1, 0.15) is 0 Å². The van der Waals surface area contributed by atoms with E-state index in [1.807, 2.05) is 12.1 Å². The molecule has 2 aromatic rings. The number of hydrogen-bond acceptors (Lipinski definition) is 1. The molecule has 1 saturated heterocycles. The first-order valence-electron chi connectivity index (χ1n) is 8.58. The molecule has 3 rings (SSSR count).